The van der Waals surface area contributed by atoms with Crippen LogP contribution in [0.2, 0.25) is 0 Å². The molecule has 0 radical (unpaired) electrons. The van der Waals surface area contributed by atoms with Gasteiger partial charge in [-0.3, -0.25) is 4.79 Å². The van der Waals surface area contributed by atoms with Gasteiger partial charge in [0.25, 0.3) is 5.91 Å². The maximum atomic E-state index is 13.0. The molecular weight excluding hydrogens is 368 g/mol. The molecule has 152 valence electrons. The van der Waals surface area contributed by atoms with Crippen molar-refractivity contribution in [2.45, 2.75) is 37.1 Å². The number of carbonyl (C=O) groups is 1. The highest BCUT2D eigenvalue weighted by Gasteiger charge is 2.31. The molecule has 1 aromatic carbocycles. The summed E-state index contributed by atoms with van der Waals surface area (Å²) in [6, 6.07) is 6.28. The van der Waals surface area contributed by atoms with Crippen molar-refractivity contribution in [2.24, 2.45) is 0 Å². The van der Waals surface area contributed by atoms with Gasteiger partial charge in [0.05, 0.1) is 18.1 Å². The largest absolute Gasteiger partial charge is 0.383 e. The minimum absolute atomic E-state index is 0.0250. The van der Waals surface area contributed by atoms with Crippen LogP contribution in [0.4, 0.5) is 0 Å². The van der Waals surface area contributed by atoms with Gasteiger partial charge in [0.1, 0.15) is 0 Å². The van der Waals surface area contributed by atoms with Gasteiger partial charge in [0, 0.05) is 45.5 Å². The van der Waals surface area contributed by atoms with Crippen molar-refractivity contribution in [1.29, 1.82) is 0 Å². The van der Waals surface area contributed by atoms with E-state index in [0.29, 0.717) is 38.4 Å². The van der Waals surface area contributed by atoms with E-state index >= 15 is 0 Å². The van der Waals surface area contributed by atoms with E-state index in [9.17, 15) is 13.2 Å². The second-order valence-corrected chi connectivity index (χ2v) is 8.66. The third kappa shape index (κ3) is 5.51. The van der Waals surface area contributed by atoms with E-state index in [2.05, 4.69) is 0 Å². The number of sulfonamides is 1. The monoisotopic (exact) mass is 398 g/mol. The van der Waals surface area contributed by atoms with Crippen LogP contribution in [-0.4, -0.2) is 76.6 Å². The average Bonchev–Trinajstić information content (AvgIpc) is 2.68. The summed E-state index contributed by atoms with van der Waals surface area (Å²) >= 11 is 0. The van der Waals surface area contributed by atoms with Gasteiger partial charge in [-0.2, -0.15) is 4.31 Å². The van der Waals surface area contributed by atoms with Crippen molar-refractivity contribution < 1.29 is 22.7 Å². The second-order valence-electron chi connectivity index (χ2n) is 6.77. The third-order valence-corrected chi connectivity index (χ3v) is 6.86. The molecule has 27 heavy (non-hydrogen) atoms. The zero-order chi connectivity index (χ0) is 19.9. The zero-order valence-corrected chi connectivity index (χ0v) is 17.2. The van der Waals surface area contributed by atoms with Crippen LogP contribution in [0.15, 0.2) is 29.2 Å². The highest BCUT2D eigenvalue weighted by atomic mass is 32.2. The summed E-state index contributed by atoms with van der Waals surface area (Å²) in [5.74, 6) is -0.229. The van der Waals surface area contributed by atoms with Crippen LogP contribution < -0.4 is 0 Å². The number of benzene rings is 1. The molecule has 1 aliphatic heterocycles. The van der Waals surface area contributed by atoms with E-state index in [1.165, 1.54) is 6.07 Å². The first-order valence-corrected chi connectivity index (χ1v) is 10.7. The lowest BCUT2D eigenvalue weighted by Gasteiger charge is -2.32. The molecule has 7 nitrogen and oxygen atoms in total. The van der Waals surface area contributed by atoms with Gasteiger partial charge in [-0.05, 0) is 38.0 Å². The van der Waals surface area contributed by atoms with Crippen molar-refractivity contribution >= 4 is 15.9 Å². The number of hydrogen-bond donors (Lipinski definition) is 0. The first kappa shape index (κ1) is 21.8. The number of methoxy groups -OCH3 is 2. The lowest BCUT2D eigenvalue weighted by molar-refractivity contribution is 0.0627. The van der Waals surface area contributed by atoms with Crippen molar-refractivity contribution in [1.82, 2.24) is 9.21 Å². The van der Waals surface area contributed by atoms with E-state index in [-0.39, 0.29) is 16.8 Å². The Morgan fingerprint density at radius 2 is 1.85 bits per heavy atom. The molecule has 1 saturated heterocycles. The van der Waals surface area contributed by atoms with Crippen LogP contribution in [0.3, 0.4) is 0 Å². The number of piperidine rings is 1. The van der Waals surface area contributed by atoms with Crippen LogP contribution >= 0.6 is 0 Å². The summed E-state index contributed by atoms with van der Waals surface area (Å²) in [6.07, 6.45) is 2.77. The smallest absolute Gasteiger partial charge is 0.254 e. The molecule has 0 aliphatic carbocycles. The lowest BCUT2D eigenvalue weighted by atomic mass is 10.1. The molecule has 0 saturated carbocycles. The SMILES string of the molecule is COCCN(CCOC)C(=O)c1cccc(S(=O)(=O)N2CCCCC2C)c1. The topological polar surface area (TPSA) is 76.1 Å². The third-order valence-electron chi connectivity index (χ3n) is 4.85. The molecule has 8 heteroatoms. The molecule has 0 bridgehead atoms. The molecule has 1 unspecified atom stereocenters. The van der Waals surface area contributed by atoms with Gasteiger partial charge < -0.3 is 14.4 Å². The Morgan fingerprint density at radius 1 is 1.19 bits per heavy atom. The molecule has 1 aliphatic rings. The summed E-state index contributed by atoms with van der Waals surface area (Å²) in [7, 11) is -0.463. The van der Waals surface area contributed by atoms with E-state index in [0.717, 1.165) is 19.3 Å². The fraction of sp³-hybridized carbons (Fsp3) is 0.632. The van der Waals surface area contributed by atoms with E-state index in [4.69, 9.17) is 9.47 Å². The predicted molar refractivity (Wildman–Crippen MR) is 103 cm³/mol. The zero-order valence-electron chi connectivity index (χ0n) is 16.4. The molecule has 0 aromatic heterocycles. The Balaban J connectivity index is 2.25. The van der Waals surface area contributed by atoms with E-state index in [1.807, 2.05) is 6.92 Å². The lowest BCUT2D eigenvalue weighted by Crippen LogP contribution is -2.42. The van der Waals surface area contributed by atoms with Crippen LogP contribution in [0.25, 0.3) is 0 Å². The molecule has 0 spiro atoms. The number of carbonyl (C=O) groups excluding carboxylic acids is 1. The Labute approximate surface area is 162 Å². The highest BCUT2D eigenvalue weighted by molar-refractivity contribution is 7.89. The fourth-order valence-corrected chi connectivity index (χ4v) is 5.00. The van der Waals surface area contributed by atoms with Gasteiger partial charge in [-0.1, -0.05) is 12.5 Å². The van der Waals surface area contributed by atoms with Crippen LogP contribution in [-0.2, 0) is 19.5 Å². The molecule has 1 heterocycles. The molecule has 1 aromatic rings. The Hall–Kier alpha value is -1.48. The van der Waals surface area contributed by atoms with Gasteiger partial charge >= 0.3 is 0 Å². The average molecular weight is 399 g/mol. The van der Waals surface area contributed by atoms with Gasteiger partial charge in [-0.15, -0.1) is 0 Å². The van der Waals surface area contributed by atoms with Crippen LogP contribution in [0.5, 0.6) is 0 Å². The van der Waals surface area contributed by atoms with Crippen molar-refractivity contribution in [2.75, 3.05) is 47.1 Å². The number of rotatable bonds is 9. The van der Waals surface area contributed by atoms with Crippen molar-refractivity contribution in [3.63, 3.8) is 0 Å². The molecule has 1 amide bonds. The first-order chi connectivity index (χ1) is 12.9. The fourth-order valence-electron chi connectivity index (χ4n) is 3.25. The molecule has 2 rings (SSSR count). The Kier molecular flexibility index (Phi) is 8.22. The standard InChI is InChI=1S/C19H30N2O5S/c1-16-7-4-5-10-21(16)27(23,24)18-9-6-8-17(15-18)19(22)20(11-13-25-2)12-14-26-3/h6,8-9,15-16H,4-5,7,10-14H2,1-3H3. The molecular formula is C19H30N2O5S. The maximum Gasteiger partial charge on any atom is 0.254 e. The summed E-state index contributed by atoms with van der Waals surface area (Å²) in [5.41, 5.74) is 0.355. The summed E-state index contributed by atoms with van der Waals surface area (Å²) in [6.45, 7) is 4.09. The predicted octanol–water partition coefficient (Wildman–Crippen LogP) is 1.98. The van der Waals surface area contributed by atoms with Crippen molar-refractivity contribution in [3.05, 3.63) is 29.8 Å². The summed E-state index contributed by atoms with van der Waals surface area (Å²) < 4.78 is 37.8. The van der Waals surface area contributed by atoms with Crippen LogP contribution in [0, 0.1) is 0 Å². The molecule has 1 atom stereocenters. The molecule has 0 N–H and O–H groups in total. The number of amides is 1. The van der Waals surface area contributed by atoms with E-state index in [1.54, 1.807) is 41.6 Å². The highest BCUT2D eigenvalue weighted by Crippen LogP contribution is 2.25. The number of ether oxygens (including phenoxy) is 2. The molecule has 1 fully saturated rings. The normalized spacial score (nSPS) is 18.4. The quantitative estimate of drug-likeness (QED) is 0.636. The van der Waals surface area contributed by atoms with Gasteiger partial charge in [-0.25, -0.2) is 8.42 Å². The Morgan fingerprint density at radius 3 is 2.44 bits per heavy atom. The van der Waals surface area contributed by atoms with E-state index < -0.39 is 10.0 Å². The maximum absolute atomic E-state index is 13.0. The summed E-state index contributed by atoms with van der Waals surface area (Å²) in [5, 5.41) is 0. The second kappa shape index (κ2) is 10.2. The Bertz CT molecular complexity index is 715. The summed E-state index contributed by atoms with van der Waals surface area (Å²) in [4.78, 5) is 14.7. The first-order valence-electron chi connectivity index (χ1n) is 9.31. The van der Waals surface area contributed by atoms with Gasteiger partial charge in [0.2, 0.25) is 10.0 Å². The van der Waals surface area contributed by atoms with Crippen LogP contribution in [0.1, 0.15) is 36.5 Å². The minimum atomic E-state index is -3.61. The van der Waals surface area contributed by atoms with Gasteiger partial charge in [0.15, 0.2) is 0 Å². The minimum Gasteiger partial charge on any atom is -0.383 e. The number of nitrogens with zero attached hydrogens (tertiary/aromatic N) is 2. The number of hydrogen-bond acceptors (Lipinski definition) is 5. The van der Waals surface area contributed by atoms with Crippen molar-refractivity contribution in [3.8, 4) is 0 Å².